The van der Waals surface area contributed by atoms with Crippen molar-refractivity contribution in [1.29, 1.82) is 0 Å². The number of hydrogen-bond acceptors (Lipinski definition) is 3. The molecule has 3 aromatic rings. The van der Waals surface area contributed by atoms with Crippen molar-refractivity contribution in [2.45, 2.75) is 6.54 Å². The van der Waals surface area contributed by atoms with E-state index in [0.717, 1.165) is 15.6 Å². The van der Waals surface area contributed by atoms with Crippen LogP contribution in [0.5, 0.6) is 5.75 Å². The minimum atomic E-state index is -0.0884. The van der Waals surface area contributed by atoms with Crippen molar-refractivity contribution in [3.8, 4) is 5.75 Å². The maximum Gasteiger partial charge on any atom is 0.261 e. The molecule has 1 aromatic heterocycles. The Morgan fingerprint density at radius 3 is 2.75 bits per heavy atom. The van der Waals surface area contributed by atoms with E-state index in [4.69, 9.17) is 0 Å². The lowest BCUT2D eigenvalue weighted by Crippen LogP contribution is -2.21. The Morgan fingerprint density at radius 1 is 1.10 bits per heavy atom. The number of fused-ring (bicyclic) bond motifs is 1. The van der Waals surface area contributed by atoms with Crippen LogP contribution in [0.2, 0.25) is 0 Å². The summed E-state index contributed by atoms with van der Waals surface area (Å²) in [6.45, 7) is 0.404. The highest BCUT2D eigenvalue weighted by molar-refractivity contribution is 7.20. The van der Waals surface area contributed by atoms with E-state index in [2.05, 4.69) is 5.32 Å². The van der Waals surface area contributed by atoms with E-state index >= 15 is 0 Å². The number of carbonyl (C=O) groups excluding carboxylic acids is 1. The smallest absolute Gasteiger partial charge is 0.261 e. The van der Waals surface area contributed by atoms with Crippen LogP contribution in [0.4, 0.5) is 0 Å². The van der Waals surface area contributed by atoms with Gasteiger partial charge in [-0.25, -0.2) is 0 Å². The van der Waals surface area contributed by atoms with Gasteiger partial charge in [0.1, 0.15) is 5.75 Å². The Balaban J connectivity index is 1.73. The molecule has 0 aliphatic heterocycles. The number of phenolic OH excluding ortho intramolecular Hbond substituents is 1. The molecule has 3 rings (SSSR count). The number of thiophene rings is 1. The predicted octanol–water partition coefficient (Wildman–Crippen LogP) is 3.54. The topological polar surface area (TPSA) is 49.3 Å². The molecule has 20 heavy (non-hydrogen) atoms. The van der Waals surface area contributed by atoms with Gasteiger partial charge in [-0.1, -0.05) is 30.3 Å². The Kier molecular flexibility index (Phi) is 3.39. The minimum Gasteiger partial charge on any atom is -0.508 e. The zero-order valence-corrected chi connectivity index (χ0v) is 11.5. The molecule has 0 spiro atoms. The number of benzene rings is 2. The predicted molar refractivity (Wildman–Crippen MR) is 81.1 cm³/mol. The molecule has 0 aliphatic carbocycles. The van der Waals surface area contributed by atoms with Crippen LogP contribution in [0, 0.1) is 0 Å². The van der Waals surface area contributed by atoms with Crippen LogP contribution in [0.1, 0.15) is 15.2 Å². The number of hydrogen-bond donors (Lipinski definition) is 2. The van der Waals surface area contributed by atoms with Crippen LogP contribution in [-0.4, -0.2) is 11.0 Å². The van der Waals surface area contributed by atoms with Crippen LogP contribution >= 0.6 is 11.3 Å². The summed E-state index contributed by atoms with van der Waals surface area (Å²) in [6.07, 6.45) is 0. The summed E-state index contributed by atoms with van der Waals surface area (Å²) < 4.78 is 1.11. The summed E-state index contributed by atoms with van der Waals surface area (Å²) in [5, 5.41) is 13.3. The Hall–Kier alpha value is -2.33. The van der Waals surface area contributed by atoms with Gasteiger partial charge in [0.25, 0.3) is 5.91 Å². The van der Waals surface area contributed by atoms with Crippen molar-refractivity contribution in [1.82, 2.24) is 5.32 Å². The highest BCUT2D eigenvalue weighted by atomic mass is 32.1. The Morgan fingerprint density at radius 2 is 1.95 bits per heavy atom. The zero-order valence-electron chi connectivity index (χ0n) is 10.7. The van der Waals surface area contributed by atoms with E-state index in [1.165, 1.54) is 11.3 Å². The highest BCUT2D eigenvalue weighted by Crippen LogP contribution is 2.25. The molecule has 0 bridgehead atoms. The van der Waals surface area contributed by atoms with Crippen molar-refractivity contribution >= 4 is 27.3 Å². The number of rotatable bonds is 3. The van der Waals surface area contributed by atoms with Gasteiger partial charge in [-0.2, -0.15) is 0 Å². The number of carbonyl (C=O) groups is 1. The number of amides is 1. The second-order valence-electron chi connectivity index (χ2n) is 4.50. The molecule has 2 N–H and O–H groups in total. The summed E-state index contributed by atoms with van der Waals surface area (Å²) in [5.41, 5.74) is 0.875. The summed E-state index contributed by atoms with van der Waals surface area (Å²) >= 11 is 1.48. The lowest BCUT2D eigenvalue weighted by Gasteiger charge is -2.04. The molecular weight excluding hydrogens is 270 g/mol. The molecule has 0 aliphatic rings. The van der Waals surface area contributed by atoms with Crippen molar-refractivity contribution in [2.75, 3.05) is 0 Å². The zero-order chi connectivity index (χ0) is 13.9. The van der Waals surface area contributed by atoms with Crippen molar-refractivity contribution < 1.29 is 9.90 Å². The van der Waals surface area contributed by atoms with Gasteiger partial charge in [0.15, 0.2) is 0 Å². The van der Waals surface area contributed by atoms with E-state index in [9.17, 15) is 9.90 Å². The van der Waals surface area contributed by atoms with Gasteiger partial charge in [0.2, 0.25) is 0 Å². The lowest BCUT2D eigenvalue weighted by molar-refractivity contribution is 0.0955. The van der Waals surface area contributed by atoms with Gasteiger partial charge in [0.05, 0.1) is 4.88 Å². The van der Waals surface area contributed by atoms with E-state index < -0.39 is 0 Å². The van der Waals surface area contributed by atoms with Gasteiger partial charge >= 0.3 is 0 Å². The third kappa shape index (κ3) is 2.65. The monoisotopic (exact) mass is 283 g/mol. The average molecular weight is 283 g/mol. The van der Waals surface area contributed by atoms with E-state index in [1.54, 1.807) is 18.2 Å². The molecule has 2 aromatic carbocycles. The maximum atomic E-state index is 12.1. The van der Waals surface area contributed by atoms with Gasteiger partial charge in [-0.3, -0.25) is 4.79 Å². The number of aromatic hydroxyl groups is 1. The first kappa shape index (κ1) is 12.7. The maximum absolute atomic E-state index is 12.1. The van der Waals surface area contributed by atoms with Crippen LogP contribution in [0.15, 0.2) is 54.6 Å². The van der Waals surface area contributed by atoms with Crippen molar-refractivity contribution in [3.63, 3.8) is 0 Å². The quantitative estimate of drug-likeness (QED) is 0.772. The van der Waals surface area contributed by atoms with Crippen LogP contribution in [-0.2, 0) is 6.54 Å². The third-order valence-corrected chi connectivity index (χ3v) is 4.13. The van der Waals surface area contributed by atoms with Gasteiger partial charge < -0.3 is 10.4 Å². The van der Waals surface area contributed by atoms with Gasteiger partial charge in [-0.05, 0) is 35.2 Å². The van der Waals surface area contributed by atoms with Crippen LogP contribution in [0.3, 0.4) is 0 Å². The first-order chi connectivity index (χ1) is 9.72. The Labute approximate surface area is 120 Å². The van der Waals surface area contributed by atoms with Crippen molar-refractivity contribution in [2.24, 2.45) is 0 Å². The molecule has 100 valence electrons. The molecule has 0 saturated carbocycles. The lowest BCUT2D eigenvalue weighted by atomic mass is 10.2. The van der Waals surface area contributed by atoms with Crippen LogP contribution < -0.4 is 5.32 Å². The minimum absolute atomic E-state index is 0.0884. The summed E-state index contributed by atoms with van der Waals surface area (Å²) in [5.74, 6) is 0.119. The molecule has 3 nitrogen and oxygen atoms in total. The average Bonchev–Trinajstić information content (AvgIpc) is 2.89. The summed E-state index contributed by atoms with van der Waals surface area (Å²) in [6, 6.07) is 16.7. The third-order valence-electron chi connectivity index (χ3n) is 3.01. The fourth-order valence-corrected chi connectivity index (χ4v) is 3.01. The normalized spacial score (nSPS) is 10.6. The molecule has 0 atom stereocenters. The largest absolute Gasteiger partial charge is 0.508 e. The molecule has 1 heterocycles. The number of nitrogens with one attached hydrogen (secondary N) is 1. The van der Waals surface area contributed by atoms with E-state index in [-0.39, 0.29) is 11.7 Å². The Bertz CT molecular complexity index is 731. The highest BCUT2D eigenvalue weighted by Gasteiger charge is 2.09. The summed E-state index contributed by atoms with van der Waals surface area (Å²) in [7, 11) is 0. The molecular formula is C16H13NO2S. The second-order valence-corrected chi connectivity index (χ2v) is 5.58. The standard InChI is InChI=1S/C16H13NO2S/c18-13-6-3-4-11(8-13)10-17-16(19)15-9-12-5-1-2-7-14(12)20-15/h1-9,18H,10H2,(H,17,19). The fourth-order valence-electron chi connectivity index (χ4n) is 2.03. The summed E-state index contributed by atoms with van der Waals surface area (Å²) in [4.78, 5) is 12.8. The molecule has 0 fully saturated rings. The first-order valence-corrected chi connectivity index (χ1v) is 7.09. The molecule has 1 amide bonds. The van der Waals surface area contributed by atoms with Gasteiger partial charge in [-0.15, -0.1) is 11.3 Å². The van der Waals surface area contributed by atoms with Crippen LogP contribution in [0.25, 0.3) is 10.1 Å². The van der Waals surface area contributed by atoms with E-state index in [0.29, 0.717) is 11.4 Å². The fraction of sp³-hybridized carbons (Fsp3) is 0.0625. The van der Waals surface area contributed by atoms with E-state index in [1.807, 2.05) is 36.4 Å². The van der Waals surface area contributed by atoms with Crippen molar-refractivity contribution in [3.05, 3.63) is 65.0 Å². The van der Waals surface area contributed by atoms with Gasteiger partial charge in [0, 0.05) is 11.2 Å². The molecule has 0 radical (unpaired) electrons. The SMILES string of the molecule is O=C(NCc1cccc(O)c1)c1cc2ccccc2s1. The number of phenols is 1. The molecule has 0 saturated heterocycles. The molecule has 0 unspecified atom stereocenters. The molecule has 4 heteroatoms. The second kappa shape index (κ2) is 5.35. The first-order valence-electron chi connectivity index (χ1n) is 6.27.